The summed E-state index contributed by atoms with van der Waals surface area (Å²) in [5.41, 5.74) is 6.43. The molecule has 10 aromatic rings. The van der Waals surface area contributed by atoms with Crippen LogP contribution in [0.5, 0.6) is 5.75 Å². The highest BCUT2D eigenvalue weighted by atomic mass is 16.3. The molecule has 0 spiro atoms. The van der Waals surface area contributed by atoms with Crippen LogP contribution in [0.4, 0.5) is 0 Å². The van der Waals surface area contributed by atoms with Gasteiger partial charge in [-0.1, -0.05) is 209 Å². The van der Waals surface area contributed by atoms with E-state index in [0.717, 1.165) is 55.8 Å². The molecule has 364 valence electrons. The Morgan fingerprint density at radius 3 is 1.74 bits per heavy atom. The second kappa shape index (κ2) is 19.0. The van der Waals surface area contributed by atoms with E-state index in [2.05, 4.69) is 76.4 Å². The molecule has 73 heavy (non-hydrogen) atoms. The molecule has 0 saturated heterocycles. The molecule has 0 aliphatic carbocycles. The summed E-state index contributed by atoms with van der Waals surface area (Å²) < 4.78 is 123. The van der Waals surface area contributed by atoms with E-state index in [4.69, 9.17) is 25.0 Å². The van der Waals surface area contributed by atoms with Gasteiger partial charge in [0.05, 0.1) is 33.5 Å². The van der Waals surface area contributed by atoms with Gasteiger partial charge in [0.2, 0.25) is 0 Å². The van der Waals surface area contributed by atoms with Crippen molar-refractivity contribution in [1.29, 1.82) is 0 Å². The molecule has 8 aromatic carbocycles. The van der Waals surface area contributed by atoms with E-state index >= 15 is 0 Å². The molecule has 0 radical (unpaired) electrons. The first-order chi connectivity index (χ1) is 40.6. The van der Waals surface area contributed by atoms with Crippen LogP contribution >= 0.6 is 0 Å². The van der Waals surface area contributed by atoms with E-state index in [1.807, 2.05) is 135 Å². The first-order valence-corrected chi connectivity index (χ1v) is 24.5. The van der Waals surface area contributed by atoms with E-state index in [0.29, 0.717) is 44.8 Å². The molecule has 0 fully saturated rings. The maximum atomic E-state index is 12.9. The summed E-state index contributed by atoms with van der Waals surface area (Å²) in [6.07, 6.45) is 1.43. The number of fused-ring (bicyclic) bond motifs is 1. The molecule has 0 saturated carbocycles. The Hall–Kier alpha value is -7.82. The molecule has 0 bridgehead atoms. The van der Waals surface area contributed by atoms with Gasteiger partial charge in [-0.05, 0) is 138 Å². The minimum Gasteiger partial charge on any atom is -0.507 e. The minimum absolute atomic E-state index is 0.0870. The number of hydrogen-bond donors (Lipinski definition) is 1. The fourth-order valence-electron chi connectivity index (χ4n) is 9.58. The van der Waals surface area contributed by atoms with Gasteiger partial charge < -0.3 is 5.11 Å². The molecule has 2 aromatic heterocycles. The summed E-state index contributed by atoms with van der Waals surface area (Å²) in [7, 11) is 0. The van der Waals surface area contributed by atoms with Gasteiger partial charge in [-0.3, -0.25) is 9.55 Å². The maximum absolute atomic E-state index is 12.9. The van der Waals surface area contributed by atoms with Crippen LogP contribution < -0.4 is 0 Å². The second-order valence-electron chi connectivity index (χ2n) is 21.1. The summed E-state index contributed by atoms with van der Waals surface area (Å²) in [5.74, 6) is -0.487. The average molecular weight is 968 g/mol. The Labute approximate surface area is 452 Å². The van der Waals surface area contributed by atoms with Crippen molar-refractivity contribution in [1.82, 2.24) is 14.5 Å². The number of pyridine rings is 1. The van der Waals surface area contributed by atoms with Gasteiger partial charge >= 0.3 is 0 Å². The molecule has 4 heteroatoms. The SMILES string of the molecule is [2H]c1c([2H])c(C(C([2H])([2H])[2H])(C([2H])([2H])[2H])C([2H])([2H])[2H])c([2H])c([2H])c1-c1ccnc(-c2cc(-c3ccccc3)cc(-c3cccc4c3nc(-c3cc(C(C)(C)C)cc(C(C)(C)C)c3O)n4-c3cc(-c4ccccc4)c(C([2H])(C)C)cc3-c3ccccc3)c2)c1. The van der Waals surface area contributed by atoms with Gasteiger partial charge in [0, 0.05) is 42.2 Å². The van der Waals surface area contributed by atoms with E-state index < -0.39 is 67.0 Å². The summed E-state index contributed by atoms with van der Waals surface area (Å²) in [6, 6.07) is 49.1. The Bertz CT molecular complexity index is 4220. The zero-order valence-electron chi connectivity index (χ0n) is 56.5. The minimum atomic E-state index is -3.83. The lowest BCUT2D eigenvalue weighted by Gasteiger charge is -2.28. The Morgan fingerprint density at radius 1 is 0.507 bits per heavy atom. The quantitative estimate of drug-likeness (QED) is 0.157. The number of nitrogens with zero attached hydrogens (tertiary/aromatic N) is 3. The smallest absolute Gasteiger partial charge is 0.149 e. The Morgan fingerprint density at radius 2 is 1.12 bits per heavy atom. The van der Waals surface area contributed by atoms with Gasteiger partial charge in [-0.25, -0.2) is 4.98 Å². The lowest BCUT2D eigenvalue weighted by Crippen LogP contribution is -2.17. The zero-order chi connectivity index (χ0) is 63.3. The third-order valence-corrected chi connectivity index (χ3v) is 13.5. The van der Waals surface area contributed by atoms with Crippen LogP contribution in [0, 0.1) is 0 Å². The van der Waals surface area contributed by atoms with Crippen molar-refractivity contribution >= 4 is 11.0 Å². The fraction of sp³-hybridized carbons (Fsp3) is 0.217. The number of phenols is 1. The molecular weight excluding hydrogens is 887 g/mol. The van der Waals surface area contributed by atoms with Crippen LogP contribution in [0.2, 0.25) is 0 Å². The Kier molecular flexibility index (Phi) is 8.98. The first-order valence-electron chi connectivity index (χ1n) is 31.5. The fourth-order valence-corrected chi connectivity index (χ4v) is 9.58. The van der Waals surface area contributed by atoms with Crippen molar-refractivity contribution in [3.8, 4) is 89.7 Å². The normalized spacial score (nSPS) is 15.7. The van der Waals surface area contributed by atoms with Gasteiger partial charge in [0.15, 0.2) is 0 Å². The van der Waals surface area contributed by atoms with Crippen molar-refractivity contribution in [3.63, 3.8) is 0 Å². The topological polar surface area (TPSA) is 50.9 Å². The van der Waals surface area contributed by atoms with E-state index in [9.17, 15) is 9.22 Å². The molecule has 2 heterocycles. The Balaban J connectivity index is 1.28. The van der Waals surface area contributed by atoms with Gasteiger partial charge in [-0.15, -0.1) is 0 Å². The molecular formula is C69H67N3O. The van der Waals surface area contributed by atoms with Crippen LogP contribution in [-0.4, -0.2) is 19.6 Å². The van der Waals surface area contributed by atoms with Gasteiger partial charge in [-0.2, -0.15) is 0 Å². The number of imidazole rings is 1. The molecule has 0 aliphatic rings. The molecule has 1 N–H and O–H groups in total. The van der Waals surface area contributed by atoms with Crippen LogP contribution in [0.15, 0.2) is 194 Å². The van der Waals surface area contributed by atoms with E-state index in [1.165, 1.54) is 12.3 Å². The summed E-state index contributed by atoms with van der Waals surface area (Å²) >= 11 is 0. The summed E-state index contributed by atoms with van der Waals surface area (Å²) in [5, 5.41) is 12.9. The van der Waals surface area contributed by atoms with Crippen LogP contribution in [0.1, 0.15) is 123 Å². The highest BCUT2D eigenvalue weighted by Crippen LogP contribution is 2.47. The van der Waals surface area contributed by atoms with Crippen LogP contribution in [-0.2, 0) is 16.2 Å². The largest absolute Gasteiger partial charge is 0.507 e. The molecule has 0 aliphatic heterocycles. The molecule has 0 atom stereocenters. The summed E-state index contributed by atoms with van der Waals surface area (Å²) in [4.78, 5) is 10.5. The lowest BCUT2D eigenvalue weighted by atomic mass is 9.79. The number of phenolic OH excluding ortho intramolecular Hbond substituents is 1. The van der Waals surface area contributed by atoms with Gasteiger partial charge in [0.1, 0.15) is 11.6 Å². The van der Waals surface area contributed by atoms with E-state index in [-0.39, 0.29) is 22.3 Å². The van der Waals surface area contributed by atoms with Crippen molar-refractivity contribution in [3.05, 3.63) is 216 Å². The number of rotatable bonds is 9. The monoisotopic (exact) mass is 968 g/mol. The lowest BCUT2D eigenvalue weighted by molar-refractivity contribution is 0.446. The number of aromatic hydroxyl groups is 1. The average Bonchev–Trinajstić information content (AvgIpc) is 0.824. The number of benzene rings is 8. The predicted molar refractivity (Wildman–Crippen MR) is 309 cm³/mol. The van der Waals surface area contributed by atoms with Gasteiger partial charge in [0.25, 0.3) is 0 Å². The number of para-hydroxylation sites is 1. The second-order valence-corrected chi connectivity index (χ2v) is 21.1. The first kappa shape index (κ1) is 34.5. The highest BCUT2D eigenvalue weighted by Gasteiger charge is 2.30. The van der Waals surface area contributed by atoms with Crippen molar-refractivity contribution in [2.24, 2.45) is 0 Å². The molecule has 10 rings (SSSR count). The van der Waals surface area contributed by atoms with Crippen molar-refractivity contribution in [2.45, 2.75) is 98.1 Å². The third-order valence-electron chi connectivity index (χ3n) is 13.5. The number of aromatic nitrogens is 3. The van der Waals surface area contributed by atoms with Crippen LogP contribution in [0.3, 0.4) is 0 Å². The molecule has 0 unspecified atom stereocenters. The number of hydrogen-bond acceptors (Lipinski definition) is 3. The predicted octanol–water partition coefficient (Wildman–Crippen LogP) is 18.8. The van der Waals surface area contributed by atoms with Crippen molar-refractivity contribution in [2.75, 3.05) is 0 Å². The van der Waals surface area contributed by atoms with Crippen molar-refractivity contribution < 1.29 is 24.3 Å². The van der Waals surface area contributed by atoms with Crippen LogP contribution in [0.25, 0.3) is 95.0 Å². The highest BCUT2D eigenvalue weighted by molar-refractivity contribution is 5.99. The molecule has 0 amide bonds. The summed E-state index contributed by atoms with van der Waals surface area (Å²) in [6.45, 7) is 4.94. The zero-order valence-corrected chi connectivity index (χ0v) is 42.5. The maximum Gasteiger partial charge on any atom is 0.149 e. The standard InChI is InChI=1S/C69H67N3O/c1-44(2)56-42-58(48-26-19-14-20-27-48)63(43-57(56)47-24-17-13-18-25-47)72-62-29-21-28-55(64(62)71-66(72)59-40-54(68(6,7)8)41-60(65(59)73)69(9,10)11)51-36-50(45-22-15-12-16-23-45)37-52(38-51)61-39-49(34-35-70-61)46-30-32-53(33-31-46)67(3,4)5/h12-44,73H,1-11H3/i3D3,4D3,5D3,30D,31D,32D,33D,44D. The molecule has 4 nitrogen and oxygen atoms in total. The van der Waals surface area contributed by atoms with E-state index in [1.54, 1.807) is 6.07 Å². The third kappa shape index (κ3) is 9.67.